The van der Waals surface area contributed by atoms with E-state index < -0.39 is 0 Å². The number of nitrogens with zero attached hydrogens (tertiary/aromatic N) is 1. The molecule has 0 spiro atoms. The van der Waals surface area contributed by atoms with Crippen molar-refractivity contribution in [3.63, 3.8) is 0 Å². The Labute approximate surface area is 118 Å². The van der Waals surface area contributed by atoms with Crippen LogP contribution in [0.25, 0.3) is 0 Å². The van der Waals surface area contributed by atoms with Gasteiger partial charge < -0.3 is 5.32 Å². The van der Waals surface area contributed by atoms with Crippen LogP contribution in [-0.2, 0) is 0 Å². The minimum atomic E-state index is -0.348. The Morgan fingerprint density at radius 2 is 2.17 bits per heavy atom. The molecule has 0 radical (unpaired) electrons. The highest BCUT2D eigenvalue weighted by Gasteiger charge is 2.19. The van der Waals surface area contributed by atoms with E-state index in [4.69, 9.17) is 11.6 Å². The Morgan fingerprint density at radius 3 is 2.78 bits per heavy atom. The number of hydrogen-bond donors (Lipinski definition) is 1. The summed E-state index contributed by atoms with van der Waals surface area (Å²) in [5.41, 5.74) is 1.25. The van der Waals surface area contributed by atoms with Gasteiger partial charge in [-0.15, -0.1) is 0 Å². The van der Waals surface area contributed by atoms with Crippen LogP contribution in [0.3, 0.4) is 0 Å². The van der Waals surface area contributed by atoms with Crippen LogP contribution in [0, 0.1) is 5.82 Å². The van der Waals surface area contributed by atoms with Crippen molar-refractivity contribution in [2.24, 2.45) is 0 Å². The standard InChI is InChI=1S/C13H11BrClFN2/c1-17-12(13-10(14)3-2-6-18-13)9-5-4-8(15)7-11(9)16/h2-7,12,17H,1H3. The molecule has 0 aliphatic rings. The maximum absolute atomic E-state index is 13.9. The number of nitrogens with one attached hydrogen (secondary N) is 1. The van der Waals surface area contributed by atoms with Crippen molar-refractivity contribution in [3.8, 4) is 0 Å². The molecule has 0 amide bonds. The van der Waals surface area contributed by atoms with Crippen LogP contribution in [-0.4, -0.2) is 12.0 Å². The largest absolute Gasteiger partial charge is 0.308 e. The number of halogens is 3. The van der Waals surface area contributed by atoms with Crippen LogP contribution in [0.2, 0.25) is 5.02 Å². The van der Waals surface area contributed by atoms with Crippen LogP contribution in [0.5, 0.6) is 0 Å². The highest BCUT2D eigenvalue weighted by Crippen LogP contribution is 2.29. The molecule has 2 aromatic rings. The van der Waals surface area contributed by atoms with Crippen molar-refractivity contribution < 1.29 is 4.39 Å². The number of aromatic nitrogens is 1. The second-order valence-electron chi connectivity index (χ2n) is 3.76. The zero-order valence-electron chi connectivity index (χ0n) is 9.62. The summed E-state index contributed by atoms with van der Waals surface area (Å²) >= 11 is 9.18. The Balaban J connectivity index is 2.49. The average molecular weight is 330 g/mol. The second kappa shape index (κ2) is 5.78. The van der Waals surface area contributed by atoms with E-state index in [1.54, 1.807) is 25.4 Å². The SMILES string of the molecule is CNC(c1ccc(Cl)cc1F)c1ncccc1Br. The van der Waals surface area contributed by atoms with Gasteiger partial charge in [-0.3, -0.25) is 4.98 Å². The summed E-state index contributed by atoms with van der Waals surface area (Å²) in [5, 5.41) is 3.44. The molecule has 0 aliphatic carbocycles. The van der Waals surface area contributed by atoms with E-state index in [-0.39, 0.29) is 11.9 Å². The minimum Gasteiger partial charge on any atom is -0.308 e. The first-order valence-corrected chi connectivity index (χ1v) is 6.53. The van der Waals surface area contributed by atoms with Crippen molar-refractivity contribution in [2.45, 2.75) is 6.04 Å². The molecule has 2 rings (SSSR count). The number of rotatable bonds is 3. The van der Waals surface area contributed by atoms with Gasteiger partial charge in [-0.1, -0.05) is 17.7 Å². The first-order valence-electron chi connectivity index (χ1n) is 5.36. The molecule has 1 atom stereocenters. The average Bonchev–Trinajstić information content (AvgIpc) is 2.34. The molecule has 18 heavy (non-hydrogen) atoms. The summed E-state index contributed by atoms with van der Waals surface area (Å²) in [6, 6.07) is 8.01. The number of pyridine rings is 1. The van der Waals surface area contributed by atoms with Gasteiger partial charge in [-0.05, 0) is 47.2 Å². The molecule has 0 saturated heterocycles. The van der Waals surface area contributed by atoms with Crippen molar-refractivity contribution in [1.82, 2.24) is 10.3 Å². The predicted octanol–water partition coefficient (Wildman–Crippen LogP) is 3.95. The molecule has 5 heteroatoms. The van der Waals surface area contributed by atoms with Gasteiger partial charge in [0.25, 0.3) is 0 Å². The van der Waals surface area contributed by atoms with Crippen LogP contribution >= 0.6 is 27.5 Å². The summed E-state index contributed by atoms with van der Waals surface area (Å²) in [5.74, 6) is -0.348. The topological polar surface area (TPSA) is 24.9 Å². The zero-order valence-corrected chi connectivity index (χ0v) is 12.0. The van der Waals surface area contributed by atoms with Crippen molar-refractivity contribution in [2.75, 3.05) is 7.05 Å². The highest BCUT2D eigenvalue weighted by molar-refractivity contribution is 9.10. The Bertz CT molecular complexity index is 562. The third-order valence-electron chi connectivity index (χ3n) is 2.62. The molecule has 0 saturated carbocycles. The van der Waals surface area contributed by atoms with E-state index in [1.807, 2.05) is 12.1 Å². The maximum atomic E-state index is 13.9. The van der Waals surface area contributed by atoms with Crippen LogP contribution in [0.4, 0.5) is 4.39 Å². The van der Waals surface area contributed by atoms with Gasteiger partial charge in [0.05, 0.1) is 11.7 Å². The monoisotopic (exact) mass is 328 g/mol. The zero-order chi connectivity index (χ0) is 13.1. The number of benzene rings is 1. The highest BCUT2D eigenvalue weighted by atomic mass is 79.9. The Morgan fingerprint density at radius 1 is 1.39 bits per heavy atom. The molecule has 94 valence electrons. The molecule has 1 aromatic carbocycles. The molecular formula is C13H11BrClFN2. The van der Waals surface area contributed by atoms with Crippen molar-refractivity contribution in [3.05, 3.63) is 63.1 Å². The lowest BCUT2D eigenvalue weighted by atomic mass is 10.0. The van der Waals surface area contributed by atoms with E-state index in [0.29, 0.717) is 10.6 Å². The quantitative estimate of drug-likeness (QED) is 0.922. The molecule has 1 N–H and O–H groups in total. The molecule has 1 heterocycles. The summed E-state index contributed by atoms with van der Waals surface area (Å²) in [6.07, 6.45) is 1.68. The van der Waals surface area contributed by atoms with Gasteiger partial charge in [-0.25, -0.2) is 4.39 Å². The molecule has 2 nitrogen and oxygen atoms in total. The van der Waals surface area contributed by atoms with E-state index in [2.05, 4.69) is 26.2 Å². The van der Waals surface area contributed by atoms with Gasteiger partial charge in [0.1, 0.15) is 5.82 Å². The third kappa shape index (κ3) is 2.71. The molecule has 1 unspecified atom stereocenters. The molecule has 1 aromatic heterocycles. The lowest BCUT2D eigenvalue weighted by Gasteiger charge is -2.18. The summed E-state index contributed by atoms with van der Waals surface area (Å²) < 4.78 is 14.8. The lowest BCUT2D eigenvalue weighted by Crippen LogP contribution is -2.20. The summed E-state index contributed by atoms with van der Waals surface area (Å²) in [7, 11) is 1.76. The van der Waals surface area contributed by atoms with Gasteiger partial charge in [0.15, 0.2) is 0 Å². The van der Waals surface area contributed by atoms with Crippen molar-refractivity contribution >= 4 is 27.5 Å². The van der Waals surface area contributed by atoms with E-state index in [0.717, 1.165) is 10.2 Å². The Hall–Kier alpha value is -0.970. The first kappa shape index (κ1) is 13.5. The van der Waals surface area contributed by atoms with Crippen molar-refractivity contribution in [1.29, 1.82) is 0 Å². The molecular weight excluding hydrogens is 319 g/mol. The fourth-order valence-electron chi connectivity index (χ4n) is 1.79. The van der Waals surface area contributed by atoms with Gasteiger partial charge in [0, 0.05) is 21.3 Å². The third-order valence-corrected chi connectivity index (χ3v) is 3.53. The normalized spacial score (nSPS) is 12.4. The number of hydrogen-bond acceptors (Lipinski definition) is 2. The lowest BCUT2D eigenvalue weighted by molar-refractivity contribution is 0.569. The van der Waals surface area contributed by atoms with E-state index in [9.17, 15) is 4.39 Å². The van der Waals surface area contributed by atoms with Crippen LogP contribution in [0.1, 0.15) is 17.3 Å². The fraction of sp³-hybridized carbons (Fsp3) is 0.154. The van der Waals surface area contributed by atoms with Crippen LogP contribution in [0.15, 0.2) is 41.0 Å². The Kier molecular flexibility index (Phi) is 4.32. The first-order chi connectivity index (χ1) is 8.63. The summed E-state index contributed by atoms with van der Waals surface area (Å²) in [6.45, 7) is 0. The van der Waals surface area contributed by atoms with E-state index >= 15 is 0 Å². The van der Waals surface area contributed by atoms with E-state index in [1.165, 1.54) is 6.07 Å². The molecule has 0 fully saturated rings. The smallest absolute Gasteiger partial charge is 0.129 e. The summed E-state index contributed by atoms with van der Waals surface area (Å²) in [4.78, 5) is 4.28. The van der Waals surface area contributed by atoms with Gasteiger partial charge in [0.2, 0.25) is 0 Å². The second-order valence-corrected chi connectivity index (χ2v) is 5.05. The predicted molar refractivity (Wildman–Crippen MR) is 74.2 cm³/mol. The van der Waals surface area contributed by atoms with Gasteiger partial charge >= 0.3 is 0 Å². The molecule has 0 aliphatic heterocycles. The van der Waals surface area contributed by atoms with Gasteiger partial charge in [-0.2, -0.15) is 0 Å². The fourth-order valence-corrected chi connectivity index (χ4v) is 2.43. The minimum absolute atomic E-state index is 0.321. The maximum Gasteiger partial charge on any atom is 0.129 e. The van der Waals surface area contributed by atoms with Crippen LogP contribution < -0.4 is 5.32 Å². The molecule has 0 bridgehead atoms.